The summed E-state index contributed by atoms with van der Waals surface area (Å²) in [6.07, 6.45) is 0. The predicted octanol–water partition coefficient (Wildman–Crippen LogP) is 6.83. The first-order valence-electron chi connectivity index (χ1n) is 12.4. The molecule has 7 heteroatoms. The van der Waals surface area contributed by atoms with Gasteiger partial charge in [0.25, 0.3) is 0 Å². The van der Waals surface area contributed by atoms with E-state index in [1.54, 1.807) is 6.92 Å². The van der Waals surface area contributed by atoms with Crippen LogP contribution in [0.2, 0.25) is 0 Å². The van der Waals surface area contributed by atoms with Crippen molar-refractivity contribution < 1.29 is 26.9 Å². The van der Waals surface area contributed by atoms with Crippen molar-refractivity contribution in [1.29, 1.82) is 0 Å². The van der Waals surface area contributed by atoms with E-state index in [0.29, 0.717) is 0 Å². The van der Waals surface area contributed by atoms with Gasteiger partial charge in [-0.3, -0.25) is 17.7 Å². The second-order valence-corrected chi connectivity index (χ2v) is 9.52. The van der Waals surface area contributed by atoms with Gasteiger partial charge in [0.2, 0.25) is 0 Å². The maximum atomic E-state index is 10.9. The van der Waals surface area contributed by atoms with E-state index in [1.165, 1.54) is 44.5 Å². The molecule has 1 heterocycles. The van der Waals surface area contributed by atoms with Gasteiger partial charge in [-0.15, -0.1) is 0 Å². The Labute approximate surface area is 229 Å². The van der Waals surface area contributed by atoms with Crippen LogP contribution in [0.1, 0.15) is 56.4 Å². The number of hydrogen-bond donors (Lipinski definition) is 0. The number of hydrogen-bond acceptors (Lipinski definition) is 1. The van der Waals surface area contributed by atoms with Crippen LogP contribution in [0.25, 0.3) is 22.5 Å². The van der Waals surface area contributed by atoms with Gasteiger partial charge in [0, 0.05) is 17.2 Å². The van der Waals surface area contributed by atoms with Crippen molar-refractivity contribution in [2.45, 2.75) is 55.4 Å². The number of carbonyl (C=O) groups excluding carboxylic acids is 1. The Balaban J connectivity index is 0.000000398. The van der Waals surface area contributed by atoms with Gasteiger partial charge >= 0.3 is 19.1 Å². The summed E-state index contributed by atoms with van der Waals surface area (Å²) in [6.45, 7) is 16.2. The van der Waals surface area contributed by atoms with Gasteiger partial charge < -0.3 is 4.70 Å². The van der Waals surface area contributed by atoms with E-state index in [0.717, 1.165) is 22.6 Å². The van der Waals surface area contributed by atoms with E-state index in [1.807, 2.05) is 39.0 Å². The lowest BCUT2D eigenvalue weighted by Gasteiger charge is -2.05. The van der Waals surface area contributed by atoms with Gasteiger partial charge in [-0.25, -0.2) is 4.42 Å². The molecule has 0 saturated heterocycles. The molecule has 0 aliphatic heterocycles. The quantitative estimate of drug-likeness (QED) is 0.124. The van der Waals surface area contributed by atoms with Gasteiger partial charge in [-0.2, -0.15) is 0 Å². The number of rotatable bonds is 3. The van der Waals surface area contributed by atoms with Crippen LogP contribution in [-0.4, -0.2) is 13.3 Å². The van der Waals surface area contributed by atoms with Crippen molar-refractivity contribution in [3.63, 3.8) is 0 Å². The second kappa shape index (κ2) is 15.0. The van der Waals surface area contributed by atoms with Gasteiger partial charge in [-0.1, -0.05) is 36.4 Å². The van der Waals surface area contributed by atoms with E-state index >= 15 is 0 Å². The topological polar surface area (TPSA) is 28.4 Å². The van der Waals surface area contributed by atoms with Crippen LogP contribution >= 0.6 is 0 Å². The maximum absolute atomic E-state index is 10.9. The molecule has 0 fully saturated rings. The largest absolute Gasteiger partial charge is 1.00 e. The summed E-state index contributed by atoms with van der Waals surface area (Å²) in [7, 11) is -3.67. The first-order valence-corrected chi connectivity index (χ1v) is 12.4. The Morgan fingerprint density at radius 2 is 1.03 bits per heavy atom. The van der Waals surface area contributed by atoms with Crippen molar-refractivity contribution in [2.24, 2.45) is 0 Å². The van der Waals surface area contributed by atoms with Crippen molar-refractivity contribution >= 4 is 13.3 Å². The summed E-state index contributed by atoms with van der Waals surface area (Å²) in [6, 6.07) is 23.1. The summed E-state index contributed by atoms with van der Waals surface area (Å²) in [5, 5.41) is 0. The zero-order valence-corrected chi connectivity index (χ0v) is 23.8. The lowest BCUT2D eigenvalue weighted by atomic mass is 9.98. The minimum atomic E-state index is -3.67. The molecular formula is C32H35BF4O2. The lowest BCUT2D eigenvalue weighted by molar-refractivity contribution is -0.0000194. The molecule has 0 aliphatic carbocycles. The van der Waals surface area contributed by atoms with E-state index in [4.69, 9.17) is 4.42 Å². The van der Waals surface area contributed by atoms with Crippen molar-refractivity contribution in [1.82, 2.24) is 0 Å². The molecule has 0 spiro atoms. The van der Waals surface area contributed by atoms with Crippen molar-refractivity contribution in [3.8, 4) is 22.5 Å². The van der Waals surface area contributed by atoms with Gasteiger partial charge in [-0.05, 0) is 106 Å². The number of ketones is 1. The predicted molar refractivity (Wildman–Crippen MR) is 153 cm³/mol. The first kappa shape index (κ1) is 33.3. The van der Waals surface area contributed by atoms with Crippen molar-refractivity contribution in [3.05, 3.63) is 111 Å². The minimum Gasteiger partial charge on any atom is -1.00 e. The number of carbonyl (C=O) groups is 1. The van der Waals surface area contributed by atoms with Crippen LogP contribution in [0.5, 0.6) is 0 Å². The monoisotopic (exact) mass is 538 g/mol. The average molecular weight is 538 g/mol. The Morgan fingerprint density at radius 3 is 1.49 bits per heavy atom. The molecule has 2 nitrogen and oxygen atoms in total. The summed E-state index contributed by atoms with van der Waals surface area (Å²) in [4.78, 5) is 10.9. The molecule has 0 saturated carbocycles. The maximum Gasteiger partial charge on any atom is 0.762 e. The molecule has 1 aromatic heterocycles. The molecule has 39 heavy (non-hydrogen) atoms. The molecule has 0 unspecified atom stereocenters. The number of Topliss-reactive ketones (excluding diaryl/α,β-unsaturated/α-hetero) is 1. The van der Waals surface area contributed by atoms with Crippen LogP contribution in [0.3, 0.4) is 0 Å². The van der Waals surface area contributed by atoms with Crippen LogP contribution in [0, 0.1) is 48.5 Å². The Morgan fingerprint density at radius 1 is 0.590 bits per heavy atom. The van der Waals surface area contributed by atoms with E-state index in [9.17, 15) is 17.7 Å². The van der Waals surface area contributed by atoms with Crippen LogP contribution < -0.4 is 4.70 Å². The number of benzene rings is 3. The molecule has 4 aromatic rings. The van der Waals surface area contributed by atoms with E-state index < -0.39 is 7.54 Å². The highest BCUT2D eigenvalue weighted by Gasteiger charge is 2.17. The lowest BCUT2D eigenvalue weighted by Crippen LogP contribution is -3.00. The van der Waals surface area contributed by atoms with Crippen LogP contribution in [0.4, 0.5) is 12.9 Å². The first-order chi connectivity index (χ1) is 17.8. The molecule has 0 atom stereocenters. The normalized spacial score (nSPS) is 9.82. The summed E-state index contributed by atoms with van der Waals surface area (Å²) >= 11 is 0. The highest BCUT2D eigenvalue weighted by molar-refractivity contribution is 6.33. The summed E-state index contributed by atoms with van der Waals surface area (Å²) in [5.74, 6) is 1.98. The SMILES string of the molecule is CC(=O)c1ccc(C)c(C)c1.Cc1cc(-c2ccc(C)c(C)c2)cc(-c2ccc(C)c(C)c2)[o+]1.FB(F)F.[F-]. The molecule has 206 valence electrons. The average Bonchev–Trinajstić information content (AvgIpc) is 2.84. The van der Waals surface area contributed by atoms with Crippen molar-refractivity contribution in [2.75, 3.05) is 0 Å². The minimum absolute atomic E-state index is 0. The molecule has 3 aromatic carbocycles. The third kappa shape index (κ3) is 10.2. The fourth-order valence-electron chi connectivity index (χ4n) is 3.72. The fourth-order valence-corrected chi connectivity index (χ4v) is 3.72. The molecular weight excluding hydrogens is 503 g/mol. The van der Waals surface area contributed by atoms with Crippen LogP contribution in [0.15, 0.2) is 71.1 Å². The molecule has 0 amide bonds. The zero-order valence-electron chi connectivity index (χ0n) is 23.8. The Hall–Kier alpha value is -3.74. The second-order valence-electron chi connectivity index (χ2n) is 9.52. The Kier molecular flexibility index (Phi) is 12.8. The zero-order chi connectivity index (χ0) is 28.6. The van der Waals surface area contributed by atoms with E-state index in [-0.39, 0.29) is 10.5 Å². The third-order valence-corrected chi connectivity index (χ3v) is 6.46. The van der Waals surface area contributed by atoms with Gasteiger partial charge in [0.05, 0.1) is 18.6 Å². The molecule has 0 radical (unpaired) electrons. The molecule has 4 rings (SSSR count). The summed E-state index contributed by atoms with van der Waals surface area (Å²) in [5.41, 5.74) is 12.0. The number of halogens is 4. The highest BCUT2D eigenvalue weighted by atomic mass is 19.4. The van der Waals surface area contributed by atoms with E-state index in [2.05, 4.69) is 76.2 Å². The smallest absolute Gasteiger partial charge is 0.762 e. The fraction of sp³-hybridized carbons (Fsp3) is 0.250. The van der Waals surface area contributed by atoms with Gasteiger partial charge in [0.15, 0.2) is 5.78 Å². The van der Waals surface area contributed by atoms with Crippen LogP contribution in [-0.2, 0) is 0 Å². The molecule has 0 aliphatic rings. The third-order valence-electron chi connectivity index (χ3n) is 6.46. The summed E-state index contributed by atoms with van der Waals surface area (Å²) < 4.78 is 35.0. The highest BCUT2D eigenvalue weighted by Crippen LogP contribution is 2.30. The molecule has 0 bridgehead atoms. The Bertz CT molecular complexity index is 1350. The number of aryl methyl sites for hydroxylation is 7. The van der Waals surface area contributed by atoms with Gasteiger partial charge in [0.1, 0.15) is 0 Å². The molecule has 0 N–H and O–H groups in total. The standard InChI is InChI=1S/C22H23O.C10H12O.BF3.FH/c1-14-6-8-19(10-16(14)3)21-12-18(5)23-22(13-21)20-9-7-15(2)17(4)11-20;1-7-4-5-10(9(3)11)6-8(7)2;2-1(3)4;/h6-13H,1-5H3;4-6H,1-3H3;;1H/q+1;;;/p-1.